The predicted molar refractivity (Wildman–Crippen MR) is 85.4 cm³/mol. The van der Waals surface area contributed by atoms with E-state index in [-0.39, 0.29) is 11.3 Å². The number of carbonyl (C=O) groups is 1. The van der Waals surface area contributed by atoms with Gasteiger partial charge in [-0.1, -0.05) is 34.5 Å². The number of benzene rings is 1. The summed E-state index contributed by atoms with van der Waals surface area (Å²) in [6.07, 6.45) is 4.92. The molecule has 4 heteroatoms. The molecule has 1 aromatic carbocycles. The number of hydrogen-bond donors (Lipinski definition) is 1. The van der Waals surface area contributed by atoms with Crippen molar-refractivity contribution >= 4 is 21.8 Å². The minimum atomic E-state index is 0.195. The number of nitrogens with two attached hydrogens (primary N) is 1. The topological polar surface area (TPSA) is 46.3 Å². The van der Waals surface area contributed by atoms with Crippen LogP contribution in [-0.2, 0) is 11.2 Å². The summed E-state index contributed by atoms with van der Waals surface area (Å²) in [5.41, 5.74) is 7.24. The molecule has 0 atom stereocenters. The van der Waals surface area contributed by atoms with Gasteiger partial charge in [0.15, 0.2) is 0 Å². The first-order valence-corrected chi connectivity index (χ1v) is 8.02. The third-order valence-electron chi connectivity index (χ3n) is 4.36. The van der Waals surface area contributed by atoms with E-state index in [0.717, 1.165) is 30.3 Å². The van der Waals surface area contributed by atoms with Crippen molar-refractivity contribution in [3.8, 4) is 0 Å². The molecule has 0 aliphatic heterocycles. The molecule has 0 unspecified atom stereocenters. The third-order valence-corrected chi connectivity index (χ3v) is 4.86. The Morgan fingerprint density at radius 2 is 2.20 bits per heavy atom. The molecule has 1 aliphatic carbocycles. The molecule has 1 amide bonds. The minimum Gasteiger partial charge on any atom is -0.345 e. The van der Waals surface area contributed by atoms with Crippen molar-refractivity contribution in [2.75, 3.05) is 20.1 Å². The Kier molecular flexibility index (Phi) is 5.22. The zero-order chi connectivity index (χ0) is 14.6. The lowest BCUT2D eigenvalue weighted by atomic mass is 9.68. The van der Waals surface area contributed by atoms with Crippen LogP contribution in [0, 0.1) is 5.41 Å². The fourth-order valence-electron chi connectivity index (χ4n) is 2.83. The van der Waals surface area contributed by atoms with Crippen molar-refractivity contribution in [3.05, 3.63) is 34.3 Å². The van der Waals surface area contributed by atoms with Crippen LogP contribution in [0.5, 0.6) is 0 Å². The van der Waals surface area contributed by atoms with Gasteiger partial charge in [-0.25, -0.2) is 0 Å². The van der Waals surface area contributed by atoms with Crippen molar-refractivity contribution in [1.82, 2.24) is 4.90 Å². The first kappa shape index (κ1) is 15.5. The highest BCUT2D eigenvalue weighted by Gasteiger charge is 2.37. The summed E-state index contributed by atoms with van der Waals surface area (Å²) in [5.74, 6) is 0.213. The molecule has 1 aliphatic rings. The molecule has 110 valence electrons. The van der Waals surface area contributed by atoms with Gasteiger partial charge in [0.1, 0.15) is 0 Å². The summed E-state index contributed by atoms with van der Waals surface area (Å²) in [4.78, 5) is 14.1. The van der Waals surface area contributed by atoms with E-state index in [0.29, 0.717) is 13.0 Å². The van der Waals surface area contributed by atoms with Gasteiger partial charge in [0.25, 0.3) is 0 Å². The molecule has 0 aromatic heterocycles. The SMILES string of the molecule is CN(CC1(CN)CCC1)C(=O)CCc1cccc(Br)c1. The smallest absolute Gasteiger partial charge is 0.222 e. The van der Waals surface area contributed by atoms with E-state index < -0.39 is 0 Å². The van der Waals surface area contributed by atoms with Crippen molar-refractivity contribution in [3.63, 3.8) is 0 Å². The van der Waals surface area contributed by atoms with Crippen molar-refractivity contribution in [2.45, 2.75) is 32.1 Å². The highest BCUT2D eigenvalue weighted by Crippen LogP contribution is 2.40. The van der Waals surface area contributed by atoms with Crippen molar-refractivity contribution < 1.29 is 4.79 Å². The van der Waals surface area contributed by atoms with Gasteiger partial charge in [-0.15, -0.1) is 0 Å². The normalized spacial score (nSPS) is 16.6. The minimum absolute atomic E-state index is 0.195. The number of rotatable bonds is 6. The van der Waals surface area contributed by atoms with Crippen LogP contribution in [0.2, 0.25) is 0 Å². The fraction of sp³-hybridized carbons (Fsp3) is 0.562. The van der Waals surface area contributed by atoms with Crippen LogP contribution in [0.4, 0.5) is 0 Å². The Morgan fingerprint density at radius 3 is 2.75 bits per heavy atom. The number of halogens is 1. The average molecular weight is 339 g/mol. The summed E-state index contributed by atoms with van der Waals surface area (Å²) in [5, 5.41) is 0. The molecule has 1 saturated carbocycles. The molecule has 0 saturated heterocycles. The number of amides is 1. The van der Waals surface area contributed by atoms with Crippen LogP contribution in [0.15, 0.2) is 28.7 Å². The number of hydrogen-bond acceptors (Lipinski definition) is 2. The highest BCUT2D eigenvalue weighted by molar-refractivity contribution is 9.10. The van der Waals surface area contributed by atoms with Crippen molar-refractivity contribution in [2.24, 2.45) is 11.1 Å². The molecule has 0 spiro atoms. The summed E-state index contributed by atoms with van der Waals surface area (Å²) in [6, 6.07) is 8.14. The monoisotopic (exact) mass is 338 g/mol. The van der Waals surface area contributed by atoms with Gasteiger partial charge in [-0.05, 0) is 43.5 Å². The fourth-order valence-corrected chi connectivity index (χ4v) is 3.28. The summed E-state index contributed by atoms with van der Waals surface area (Å²) >= 11 is 3.45. The van der Waals surface area contributed by atoms with E-state index in [9.17, 15) is 4.79 Å². The Balaban J connectivity index is 1.82. The van der Waals surface area contributed by atoms with Gasteiger partial charge in [0, 0.05) is 29.9 Å². The highest BCUT2D eigenvalue weighted by atomic mass is 79.9. The molecule has 1 fully saturated rings. The molecule has 0 heterocycles. The van der Waals surface area contributed by atoms with Gasteiger partial charge in [-0.2, -0.15) is 0 Å². The molecule has 1 aromatic rings. The Bertz CT molecular complexity index is 466. The van der Waals surface area contributed by atoms with E-state index in [2.05, 4.69) is 28.1 Å². The lowest BCUT2D eigenvalue weighted by Crippen LogP contribution is -2.47. The largest absolute Gasteiger partial charge is 0.345 e. The average Bonchev–Trinajstić information content (AvgIpc) is 2.40. The summed E-state index contributed by atoms with van der Waals surface area (Å²) < 4.78 is 1.06. The number of carbonyl (C=O) groups excluding carboxylic acids is 1. The van der Waals surface area contributed by atoms with Gasteiger partial charge in [0.2, 0.25) is 5.91 Å². The lowest BCUT2D eigenvalue weighted by molar-refractivity contribution is -0.132. The van der Waals surface area contributed by atoms with Crippen LogP contribution in [-0.4, -0.2) is 30.9 Å². The van der Waals surface area contributed by atoms with Gasteiger partial charge in [0.05, 0.1) is 0 Å². The van der Waals surface area contributed by atoms with E-state index in [1.165, 1.54) is 12.0 Å². The maximum Gasteiger partial charge on any atom is 0.222 e. The Morgan fingerprint density at radius 1 is 1.45 bits per heavy atom. The molecule has 3 nitrogen and oxygen atoms in total. The van der Waals surface area contributed by atoms with Gasteiger partial charge in [-0.3, -0.25) is 4.79 Å². The molecular weight excluding hydrogens is 316 g/mol. The molecule has 20 heavy (non-hydrogen) atoms. The lowest BCUT2D eigenvalue weighted by Gasteiger charge is -2.43. The number of aryl methyl sites for hydroxylation is 1. The van der Waals surface area contributed by atoms with E-state index in [1.54, 1.807) is 0 Å². The van der Waals surface area contributed by atoms with Crippen LogP contribution in [0.3, 0.4) is 0 Å². The Hall–Kier alpha value is -0.870. The summed E-state index contributed by atoms with van der Waals surface area (Å²) in [7, 11) is 1.90. The second-order valence-electron chi connectivity index (χ2n) is 5.94. The first-order chi connectivity index (χ1) is 9.54. The first-order valence-electron chi connectivity index (χ1n) is 7.23. The maximum atomic E-state index is 12.2. The molecular formula is C16H23BrN2O. The zero-order valence-corrected chi connectivity index (χ0v) is 13.7. The van der Waals surface area contributed by atoms with Crippen LogP contribution >= 0.6 is 15.9 Å². The van der Waals surface area contributed by atoms with Crippen LogP contribution in [0.25, 0.3) is 0 Å². The molecule has 0 radical (unpaired) electrons. The van der Waals surface area contributed by atoms with Gasteiger partial charge < -0.3 is 10.6 Å². The van der Waals surface area contributed by atoms with E-state index in [4.69, 9.17) is 5.73 Å². The molecule has 2 rings (SSSR count). The van der Waals surface area contributed by atoms with Crippen molar-refractivity contribution in [1.29, 1.82) is 0 Å². The molecule has 2 N–H and O–H groups in total. The van der Waals surface area contributed by atoms with Gasteiger partial charge >= 0.3 is 0 Å². The van der Waals surface area contributed by atoms with E-state index in [1.807, 2.05) is 24.1 Å². The zero-order valence-electron chi connectivity index (χ0n) is 12.1. The Labute approximate surface area is 129 Å². The number of nitrogens with zero attached hydrogens (tertiary/aromatic N) is 1. The van der Waals surface area contributed by atoms with Crippen LogP contribution < -0.4 is 5.73 Å². The second kappa shape index (κ2) is 6.72. The quantitative estimate of drug-likeness (QED) is 0.866. The standard InChI is InChI=1S/C16H23BrN2O/c1-19(12-16(11-18)8-3-9-16)15(20)7-6-13-4-2-5-14(17)10-13/h2,4-5,10H,3,6-9,11-12,18H2,1H3. The van der Waals surface area contributed by atoms with E-state index >= 15 is 0 Å². The summed E-state index contributed by atoms with van der Waals surface area (Å²) in [6.45, 7) is 1.50. The third kappa shape index (κ3) is 3.83. The second-order valence-corrected chi connectivity index (χ2v) is 6.85. The molecule has 0 bridgehead atoms. The maximum absolute atomic E-state index is 12.2. The van der Waals surface area contributed by atoms with Crippen LogP contribution in [0.1, 0.15) is 31.2 Å². The predicted octanol–water partition coefficient (Wildman–Crippen LogP) is 2.97.